The summed E-state index contributed by atoms with van der Waals surface area (Å²) in [4.78, 5) is 3.97. The number of aromatic nitrogens is 2. The average molecular weight is 428 g/mol. The van der Waals surface area contributed by atoms with Crippen LogP contribution in [0.3, 0.4) is 0 Å². The Morgan fingerprint density at radius 3 is 2.50 bits per heavy atom. The number of fused-ring (bicyclic) bond motifs is 1. The Bertz CT molecular complexity index is 1320. The molecule has 0 amide bonds. The minimum Gasteiger partial charge on any atom is -0.355 e. The number of anilines is 2. The van der Waals surface area contributed by atoms with Crippen LogP contribution in [-0.4, -0.2) is 24.4 Å². The highest BCUT2D eigenvalue weighted by Gasteiger charge is 2.21. The zero-order valence-corrected chi connectivity index (χ0v) is 16.7. The Balaban J connectivity index is 1.83. The van der Waals surface area contributed by atoms with E-state index in [1.165, 1.54) is 28.5 Å². The summed E-state index contributed by atoms with van der Waals surface area (Å²) in [5, 5.41) is 6.77. The normalized spacial score (nSPS) is 11.7. The maximum atomic E-state index is 13.5. The topological polar surface area (TPSA) is 76.0 Å². The summed E-state index contributed by atoms with van der Waals surface area (Å²) in [5.74, 6) is -1.91. The molecule has 0 bridgehead atoms. The summed E-state index contributed by atoms with van der Waals surface area (Å²) in [5.41, 5.74) is 2.14. The van der Waals surface area contributed by atoms with Crippen molar-refractivity contribution in [2.75, 3.05) is 12.4 Å². The van der Waals surface area contributed by atoms with E-state index in [1.807, 2.05) is 0 Å². The van der Waals surface area contributed by atoms with E-state index in [-0.39, 0.29) is 4.90 Å². The van der Waals surface area contributed by atoms with Crippen molar-refractivity contribution >= 4 is 32.3 Å². The summed E-state index contributed by atoms with van der Waals surface area (Å²) in [6, 6.07) is 11.7. The highest BCUT2D eigenvalue weighted by Crippen LogP contribution is 2.30. The first-order valence-electron chi connectivity index (χ1n) is 9.06. The molecule has 2 N–H and O–H groups in total. The zero-order valence-electron chi connectivity index (χ0n) is 15.9. The number of hydrogen-bond donors (Lipinski definition) is 2. The van der Waals surface area contributed by atoms with Gasteiger partial charge in [0.15, 0.2) is 11.6 Å². The van der Waals surface area contributed by atoms with Gasteiger partial charge in [-0.05, 0) is 49.0 Å². The van der Waals surface area contributed by atoms with Crippen molar-refractivity contribution in [2.45, 2.75) is 11.4 Å². The molecule has 4 aromatic rings. The van der Waals surface area contributed by atoms with Gasteiger partial charge in [-0.3, -0.25) is 4.98 Å². The monoisotopic (exact) mass is 428 g/mol. The lowest BCUT2D eigenvalue weighted by molar-refractivity contribution is 0.509. The minimum absolute atomic E-state index is 0.0666. The number of pyridine rings is 1. The zero-order chi connectivity index (χ0) is 21.3. The Morgan fingerprint density at radius 2 is 1.80 bits per heavy atom. The smallest absolute Gasteiger partial charge is 0.269 e. The fraction of sp³-hybridized carbons (Fsp3) is 0.0952. The van der Waals surface area contributed by atoms with Crippen molar-refractivity contribution in [3.05, 3.63) is 84.3 Å². The summed E-state index contributed by atoms with van der Waals surface area (Å²) in [6.45, 7) is 0.474. The van der Waals surface area contributed by atoms with Gasteiger partial charge >= 0.3 is 0 Å². The van der Waals surface area contributed by atoms with E-state index >= 15 is 0 Å². The molecule has 2 heterocycles. The van der Waals surface area contributed by atoms with Gasteiger partial charge in [-0.25, -0.2) is 21.2 Å². The molecule has 2 aromatic carbocycles. The predicted octanol–water partition coefficient (Wildman–Crippen LogP) is 4.01. The lowest BCUT2D eigenvalue weighted by Crippen LogP contribution is -2.12. The second-order valence-corrected chi connectivity index (χ2v) is 8.48. The average Bonchev–Trinajstić information content (AvgIpc) is 3.10. The summed E-state index contributed by atoms with van der Waals surface area (Å²) >= 11 is 0. The standard InChI is InChI=1S/C21H18F2N4O2S/c1-24-11-14-13-27(30(28,29)17-3-2-8-25-12-17)21-10-16(4-6-18(14)21)26-15-5-7-19(22)20(23)9-15/h2-10,12-13,24,26H,11H2,1H3. The molecule has 6 nitrogen and oxygen atoms in total. The molecule has 30 heavy (non-hydrogen) atoms. The third-order valence-electron chi connectivity index (χ3n) is 4.62. The molecule has 154 valence electrons. The van der Waals surface area contributed by atoms with Crippen LogP contribution in [0.5, 0.6) is 0 Å². The molecule has 0 radical (unpaired) electrons. The first kappa shape index (κ1) is 20.0. The number of benzene rings is 2. The molecule has 0 fully saturated rings. The van der Waals surface area contributed by atoms with Gasteiger partial charge in [0.1, 0.15) is 4.90 Å². The summed E-state index contributed by atoms with van der Waals surface area (Å²) < 4.78 is 54.3. The van der Waals surface area contributed by atoms with Gasteiger partial charge in [-0.15, -0.1) is 0 Å². The molecule has 0 aliphatic heterocycles. The summed E-state index contributed by atoms with van der Waals surface area (Å²) in [7, 11) is -2.10. The van der Waals surface area contributed by atoms with E-state index in [2.05, 4.69) is 15.6 Å². The van der Waals surface area contributed by atoms with E-state index in [1.54, 1.807) is 37.5 Å². The first-order chi connectivity index (χ1) is 14.4. The lowest BCUT2D eigenvalue weighted by atomic mass is 10.1. The number of halogens is 2. The third kappa shape index (κ3) is 3.64. The molecule has 0 aliphatic carbocycles. The van der Waals surface area contributed by atoms with Crippen molar-refractivity contribution < 1.29 is 17.2 Å². The van der Waals surface area contributed by atoms with E-state index in [0.717, 1.165) is 23.1 Å². The number of nitrogens with zero attached hydrogens (tertiary/aromatic N) is 2. The van der Waals surface area contributed by atoms with Crippen LogP contribution in [0.4, 0.5) is 20.2 Å². The van der Waals surface area contributed by atoms with Gasteiger partial charge in [-0.1, -0.05) is 6.07 Å². The van der Waals surface area contributed by atoms with Gasteiger partial charge < -0.3 is 10.6 Å². The lowest BCUT2D eigenvalue weighted by Gasteiger charge is -2.10. The minimum atomic E-state index is -3.88. The van der Waals surface area contributed by atoms with Crippen molar-refractivity contribution in [3.63, 3.8) is 0 Å². The molecule has 0 aliphatic rings. The largest absolute Gasteiger partial charge is 0.355 e. The van der Waals surface area contributed by atoms with E-state index in [9.17, 15) is 17.2 Å². The van der Waals surface area contributed by atoms with Crippen molar-refractivity contribution in [1.29, 1.82) is 0 Å². The van der Waals surface area contributed by atoms with Crippen LogP contribution < -0.4 is 10.6 Å². The summed E-state index contributed by atoms with van der Waals surface area (Å²) in [6.07, 6.45) is 4.37. The van der Waals surface area contributed by atoms with E-state index in [4.69, 9.17) is 0 Å². The number of hydrogen-bond acceptors (Lipinski definition) is 5. The maximum absolute atomic E-state index is 13.5. The van der Waals surface area contributed by atoms with Crippen LogP contribution in [0.25, 0.3) is 10.9 Å². The predicted molar refractivity (Wildman–Crippen MR) is 111 cm³/mol. The van der Waals surface area contributed by atoms with E-state index < -0.39 is 21.7 Å². The molecular formula is C21H18F2N4O2S. The van der Waals surface area contributed by atoms with Crippen LogP contribution in [-0.2, 0) is 16.6 Å². The van der Waals surface area contributed by atoms with Gasteiger partial charge in [0.2, 0.25) is 0 Å². The molecule has 0 atom stereocenters. The Hall–Kier alpha value is -3.30. The molecule has 0 saturated heterocycles. The molecule has 4 rings (SSSR count). The van der Waals surface area contributed by atoms with Crippen LogP contribution in [0.15, 0.2) is 72.0 Å². The van der Waals surface area contributed by atoms with E-state index in [0.29, 0.717) is 23.4 Å². The van der Waals surface area contributed by atoms with Crippen LogP contribution in [0, 0.1) is 11.6 Å². The molecule has 9 heteroatoms. The van der Waals surface area contributed by atoms with Crippen molar-refractivity contribution in [1.82, 2.24) is 14.3 Å². The molecule has 2 aromatic heterocycles. The molecule has 0 saturated carbocycles. The second-order valence-electron chi connectivity index (χ2n) is 6.66. The fourth-order valence-electron chi connectivity index (χ4n) is 3.23. The molecule has 0 spiro atoms. The fourth-order valence-corrected chi connectivity index (χ4v) is 4.58. The number of nitrogens with one attached hydrogen (secondary N) is 2. The Morgan fingerprint density at radius 1 is 1.03 bits per heavy atom. The molecule has 0 unspecified atom stereocenters. The van der Waals surface area contributed by atoms with Gasteiger partial charge in [-0.2, -0.15) is 0 Å². The van der Waals surface area contributed by atoms with Gasteiger partial charge in [0, 0.05) is 48.0 Å². The van der Waals surface area contributed by atoms with Crippen molar-refractivity contribution in [2.24, 2.45) is 0 Å². The number of rotatable bonds is 6. The Labute approximate surface area is 172 Å². The van der Waals surface area contributed by atoms with Gasteiger partial charge in [0.25, 0.3) is 10.0 Å². The Kier molecular flexibility index (Phi) is 5.23. The van der Waals surface area contributed by atoms with Crippen molar-refractivity contribution in [3.8, 4) is 0 Å². The van der Waals surface area contributed by atoms with Crippen LogP contribution in [0.2, 0.25) is 0 Å². The highest BCUT2D eigenvalue weighted by molar-refractivity contribution is 7.90. The third-order valence-corrected chi connectivity index (χ3v) is 6.28. The highest BCUT2D eigenvalue weighted by atomic mass is 32.2. The molecular weight excluding hydrogens is 410 g/mol. The van der Waals surface area contributed by atoms with Gasteiger partial charge in [0.05, 0.1) is 5.52 Å². The quantitative estimate of drug-likeness (QED) is 0.485. The SMILES string of the molecule is CNCc1cn(S(=O)(=O)c2cccnc2)c2cc(Nc3ccc(F)c(F)c3)ccc12. The van der Waals surface area contributed by atoms with Crippen LogP contribution in [0.1, 0.15) is 5.56 Å². The first-order valence-corrected chi connectivity index (χ1v) is 10.5. The van der Waals surface area contributed by atoms with Crippen LogP contribution >= 0.6 is 0 Å². The second kappa shape index (κ2) is 7.85. The maximum Gasteiger partial charge on any atom is 0.269 e.